The fraction of sp³-hybridized carbons (Fsp3) is 0.0909. The van der Waals surface area contributed by atoms with Gasteiger partial charge >= 0.3 is 0 Å². The monoisotopic (exact) mass is 265 g/mol. The van der Waals surface area contributed by atoms with Gasteiger partial charge in [-0.1, -0.05) is 23.5 Å². The second kappa shape index (κ2) is 5.20. The molecule has 1 amide bonds. The normalized spacial score (nSPS) is 10.4. The van der Waals surface area contributed by atoms with Gasteiger partial charge in [-0.15, -0.1) is 11.8 Å². The molecule has 17 heavy (non-hydrogen) atoms. The quantitative estimate of drug-likeness (QED) is 0.830. The van der Waals surface area contributed by atoms with E-state index in [1.165, 1.54) is 11.3 Å². The van der Waals surface area contributed by atoms with Crippen LogP contribution in [0.1, 0.15) is 15.9 Å². The van der Waals surface area contributed by atoms with E-state index in [-0.39, 0.29) is 0 Å². The molecule has 88 valence electrons. The van der Waals surface area contributed by atoms with Crippen molar-refractivity contribution in [1.82, 2.24) is 4.98 Å². The van der Waals surface area contributed by atoms with Crippen LogP contribution in [0, 0.1) is 0 Å². The molecule has 0 aliphatic rings. The number of nitrogens with zero attached hydrogens (tertiary/aromatic N) is 1. The third-order valence-corrected chi connectivity index (χ3v) is 4.19. The van der Waals surface area contributed by atoms with Gasteiger partial charge < -0.3 is 11.5 Å². The van der Waals surface area contributed by atoms with Crippen LogP contribution in [-0.4, -0.2) is 10.9 Å². The number of thioether (sulfide) groups is 1. The van der Waals surface area contributed by atoms with Gasteiger partial charge in [-0.2, -0.15) is 0 Å². The summed E-state index contributed by atoms with van der Waals surface area (Å²) in [5.74, 6) is 0.363. The number of aromatic nitrogens is 1. The number of nitrogens with two attached hydrogens (primary N) is 2. The Balaban J connectivity index is 2.04. The summed E-state index contributed by atoms with van der Waals surface area (Å²) < 4.78 is 1.06. The fourth-order valence-corrected chi connectivity index (χ4v) is 3.01. The third-order valence-electron chi connectivity index (χ3n) is 2.09. The summed E-state index contributed by atoms with van der Waals surface area (Å²) in [5, 5.41) is 0.568. The third kappa shape index (κ3) is 3.21. The molecule has 0 unspecified atom stereocenters. The Morgan fingerprint density at radius 3 is 2.94 bits per heavy atom. The molecule has 0 saturated heterocycles. The number of rotatable bonds is 4. The van der Waals surface area contributed by atoms with Crippen LogP contribution in [0.3, 0.4) is 0 Å². The Labute approximate surface area is 107 Å². The van der Waals surface area contributed by atoms with E-state index >= 15 is 0 Å². The summed E-state index contributed by atoms with van der Waals surface area (Å²) in [7, 11) is 0. The van der Waals surface area contributed by atoms with E-state index in [2.05, 4.69) is 4.98 Å². The number of carbonyl (C=O) groups excluding carboxylic acids is 1. The molecule has 2 aromatic rings. The van der Waals surface area contributed by atoms with Gasteiger partial charge in [0, 0.05) is 11.3 Å². The first-order chi connectivity index (χ1) is 8.15. The molecular formula is C11H11N3OS2. The summed E-state index contributed by atoms with van der Waals surface area (Å²) in [5.41, 5.74) is 12.4. The predicted octanol–water partition coefficient (Wildman–Crippen LogP) is 2.12. The summed E-state index contributed by atoms with van der Waals surface area (Å²) in [4.78, 5) is 15.0. The van der Waals surface area contributed by atoms with Crippen LogP contribution < -0.4 is 11.5 Å². The molecular weight excluding hydrogens is 254 g/mol. The lowest BCUT2D eigenvalue weighted by Crippen LogP contribution is -2.10. The lowest BCUT2D eigenvalue weighted by Gasteiger charge is -2.01. The van der Waals surface area contributed by atoms with Gasteiger partial charge in [0.15, 0.2) is 5.13 Å². The maximum Gasteiger partial charge on any atom is 0.248 e. The SMILES string of the molecule is NC(=O)c1cccc(CSc2cnc(N)s2)c1. The fourth-order valence-electron chi connectivity index (χ4n) is 1.31. The zero-order valence-electron chi connectivity index (χ0n) is 8.92. The molecule has 0 aliphatic carbocycles. The standard InChI is InChI=1S/C11H11N3OS2/c12-10(15)8-3-1-2-7(4-8)6-16-9-5-14-11(13)17-9/h1-5H,6H2,(H2,12,15)(H2,13,14). The molecule has 2 rings (SSSR count). The van der Waals surface area contributed by atoms with Crippen LogP contribution in [0.4, 0.5) is 5.13 Å². The Hall–Kier alpha value is -1.53. The number of carbonyl (C=O) groups is 1. The van der Waals surface area contributed by atoms with Gasteiger partial charge in [0.05, 0.1) is 10.4 Å². The van der Waals surface area contributed by atoms with Crippen LogP contribution in [0.15, 0.2) is 34.7 Å². The van der Waals surface area contributed by atoms with Gasteiger partial charge in [-0.05, 0) is 17.7 Å². The van der Waals surface area contributed by atoms with Crippen molar-refractivity contribution in [3.05, 3.63) is 41.6 Å². The second-order valence-corrected chi connectivity index (χ2v) is 5.71. The van der Waals surface area contributed by atoms with Crippen LogP contribution in [0.2, 0.25) is 0 Å². The predicted molar refractivity (Wildman–Crippen MR) is 71.0 cm³/mol. The molecule has 6 heteroatoms. The number of benzene rings is 1. The first-order valence-corrected chi connectivity index (χ1v) is 6.68. The average Bonchev–Trinajstić information content (AvgIpc) is 2.73. The van der Waals surface area contributed by atoms with Gasteiger partial charge in [0.25, 0.3) is 0 Å². The Bertz CT molecular complexity index is 539. The molecule has 0 aliphatic heterocycles. The van der Waals surface area contributed by atoms with Gasteiger partial charge in [0.1, 0.15) is 0 Å². The largest absolute Gasteiger partial charge is 0.375 e. The number of nitrogen functional groups attached to an aromatic ring is 1. The molecule has 1 aromatic carbocycles. The minimum absolute atomic E-state index is 0.404. The zero-order chi connectivity index (χ0) is 12.3. The topological polar surface area (TPSA) is 82.0 Å². The van der Waals surface area contributed by atoms with Crippen molar-refractivity contribution in [2.24, 2.45) is 5.73 Å². The first kappa shape index (κ1) is 11.9. The van der Waals surface area contributed by atoms with E-state index in [0.717, 1.165) is 15.5 Å². The molecule has 1 heterocycles. The molecule has 0 spiro atoms. The van der Waals surface area contributed by atoms with E-state index in [0.29, 0.717) is 10.7 Å². The molecule has 0 radical (unpaired) electrons. The van der Waals surface area contributed by atoms with Crippen molar-refractivity contribution in [1.29, 1.82) is 0 Å². The highest BCUT2D eigenvalue weighted by molar-refractivity contribution is 8.00. The summed E-state index contributed by atoms with van der Waals surface area (Å²) in [6.45, 7) is 0. The molecule has 0 bridgehead atoms. The molecule has 4 N–H and O–H groups in total. The lowest BCUT2D eigenvalue weighted by molar-refractivity contribution is 0.1000. The number of amides is 1. The Morgan fingerprint density at radius 2 is 2.29 bits per heavy atom. The number of primary amides is 1. The highest BCUT2D eigenvalue weighted by Crippen LogP contribution is 2.29. The van der Waals surface area contributed by atoms with E-state index in [4.69, 9.17) is 11.5 Å². The highest BCUT2D eigenvalue weighted by atomic mass is 32.2. The molecule has 4 nitrogen and oxygen atoms in total. The van der Waals surface area contributed by atoms with Gasteiger partial charge in [-0.3, -0.25) is 4.79 Å². The minimum atomic E-state index is -0.404. The van der Waals surface area contributed by atoms with Crippen molar-refractivity contribution < 1.29 is 4.79 Å². The van der Waals surface area contributed by atoms with E-state index in [9.17, 15) is 4.79 Å². The van der Waals surface area contributed by atoms with Crippen LogP contribution in [0.5, 0.6) is 0 Å². The molecule has 1 aromatic heterocycles. The molecule has 0 atom stereocenters. The van der Waals surface area contributed by atoms with Gasteiger partial charge in [0.2, 0.25) is 5.91 Å². The van der Waals surface area contributed by atoms with Crippen molar-refractivity contribution in [2.45, 2.75) is 9.96 Å². The summed E-state index contributed by atoms with van der Waals surface area (Å²) in [6.07, 6.45) is 1.75. The van der Waals surface area contributed by atoms with Crippen molar-refractivity contribution in [2.75, 3.05) is 5.73 Å². The van der Waals surface area contributed by atoms with Gasteiger partial charge in [-0.25, -0.2) is 4.98 Å². The van der Waals surface area contributed by atoms with Crippen molar-refractivity contribution in [3.8, 4) is 0 Å². The van der Waals surface area contributed by atoms with Crippen LogP contribution >= 0.6 is 23.1 Å². The van der Waals surface area contributed by atoms with Crippen LogP contribution in [0.25, 0.3) is 0 Å². The van der Waals surface area contributed by atoms with Crippen molar-refractivity contribution >= 4 is 34.1 Å². The average molecular weight is 265 g/mol. The van der Waals surface area contributed by atoms with Crippen LogP contribution in [-0.2, 0) is 5.75 Å². The summed E-state index contributed by atoms with van der Waals surface area (Å²) in [6, 6.07) is 7.31. The van der Waals surface area contributed by atoms with Crippen molar-refractivity contribution in [3.63, 3.8) is 0 Å². The maximum absolute atomic E-state index is 11.0. The molecule has 0 fully saturated rings. The first-order valence-electron chi connectivity index (χ1n) is 4.88. The molecule has 0 saturated carbocycles. The highest BCUT2D eigenvalue weighted by Gasteiger charge is 2.03. The summed E-state index contributed by atoms with van der Waals surface area (Å²) >= 11 is 3.09. The minimum Gasteiger partial charge on any atom is -0.375 e. The number of hydrogen-bond acceptors (Lipinski definition) is 5. The number of thiazole rings is 1. The van der Waals surface area contributed by atoms with E-state index in [1.54, 1.807) is 30.1 Å². The number of hydrogen-bond donors (Lipinski definition) is 2. The van der Waals surface area contributed by atoms with E-state index in [1.807, 2.05) is 12.1 Å². The lowest BCUT2D eigenvalue weighted by atomic mass is 10.1. The zero-order valence-corrected chi connectivity index (χ0v) is 10.6. The maximum atomic E-state index is 11.0. The van der Waals surface area contributed by atoms with E-state index < -0.39 is 5.91 Å². The second-order valence-electron chi connectivity index (χ2n) is 3.37. The Kier molecular flexibility index (Phi) is 3.65. The Morgan fingerprint density at radius 1 is 1.47 bits per heavy atom. The smallest absolute Gasteiger partial charge is 0.248 e. The number of anilines is 1.